The second-order valence-electron chi connectivity index (χ2n) is 0.250. The maximum atomic E-state index is 8.58. The molecule has 0 atom stereocenters. The molecule has 0 aromatic rings. The second-order valence-corrected chi connectivity index (χ2v) is 1.03. The molecule has 0 fully saturated rings. The third-order valence-corrected chi connectivity index (χ3v) is 0. The van der Waals surface area contributed by atoms with Gasteiger partial charge < -0.3 is 5.48 Å². The van der Waals surface area contributed by atoms with Crippen molar-refractivity contribution >= 4 is 54.6 Å². The fourth-order valence-electron chi connectivity index (χ4n) is 0. The Bertz CT molecular complexity index is 32.7. The zero-order chi connectivity index (χ0) is 3.58. The summed E-state index contributed by atoms with van der Waals surface area (Å²) < 4.78 is 25.8. The maximum absolute atomic E-state index is 8.58. The molecule has 7 heavy (non-hydrogen) atoms. The molecule has 4 nitrogen and oxygen atoms in total. The van der Waals surface area contributed by atoms with Crippen LogP contribution in [-0.2, 0) is 27.4 Å². The van der Waals surface area contributed by atoms with Crippen molar-refractivity contribution in [1.82, 2.24) is 0 Å². The summed E-state index contributed by atoms with van der Waals surface area (Å²) in [6.45, 7) is 0. The quantitative estimate of drug-likeness (QED) is 0.309. The Morgan fingerprint density at radius 2 is 1.14 bits per heavy atom. The first kappa shape index (κ1) is 22.8. The molecule has 0 amide bonds. The molecule has 0 aromatic carbocycles. The molecule has 0 N–H and O–H groups in total. The van der Waals surface area contributed by atoms with Gasteiger partial charge in [-0.3, -0.25) is 0 Å². The van der Waals surface area contributed by atoms with Crippen molar-refractivity contribution in [2.45, 2.75) is 0 Å². The van der Waals surface area contributed by atoms with E-state index in [1.165, 1.54) is 0 Å². The van der Waals surface area contributed by atoms with Gasteiger partial charge in [0.15, 0.2) is 0 Å². The van der Waals surface area contributed by atoms with Gasteiger partial charge in [-0.15, -0.1) is 0 Å². The molecule has 4 radical (unpaired) electrons. The summed E-state index contributed by atoms with van der Waals surface area (Å²) in [5, 5.41) is 0. The Morgan fingerprint density at radius 3 is 1.14 bits per heavy atom. The van der Waals surface area contributed by atoms with E-state index in [9.17, 15) is 0 Å². The standard InChI is InChI=1S/4O.2Pb.Ti/q;-2;2*-1;2*+2;. The summed E-state index contributed by atoms with van der Waals surface area (Å²) in [7, 11) is 0. The minimum Gasteiger partial charge on any atom is 2.00 e. The van der Waals surface area contributed by atoms with Crippen LogP contribution in [-0.4, -0.2) is 54.6 Å². The van der Waals surface area contributed by atoms with E-state index in [1.54, 1.807) is 0 Å². The fourth-order valence-corrected chi connectivity index (χ4v) is 0. The van der Waals surface area contributed by atoms with E-state index in [0.29, 0.717) is 0 Å². The molecule has 0 unspecified atom stereocenters. The van der Waals surface area contributed by atoms with Crippen molar-refractivity contribution < 1.29 is 34.8 Å². The third-order valence-electron chi connectivity index (χ3n) is 0. The predicted octanol–water partition coefficient (Wildman–Crippen LogP) is -3.38. The number of hydrogen-bond acceptors (Lipinski definition) is 3. The first-order valence-corrected chi connectivity index (χ1v) is 2.52. The normalized spacial score (nSPS) is 3.71. The first-order chi connectivity index (χ1) is 1.73. The average Bonchev–Trinajstić information content (AvgIpc) is 0.811. The molecular weight excluding hydrogens is 526 g/mol. The largest absolute Gasteiger partial charge is 2.00 e. The van der Waals surface area contributed by atoms with Crippen LogP contribution in [0.25, 0.3) is 0 Å². The van der Waals surface area contributed by atoms with Crippen molar-refractivity contribution in [2.24, 2.45) is 0 Å². The van der Waals surface area contributed by atoms with Gasteiger partial charge in [0, 0.05) is 0 Å². The third kappa shape index (κ3) is 64.0. The molecule has 0 spiro atoms. The van der Waals surface area contributed by atoms with Crippen LogP contribution in [0.4, 0.5) is 0 Å². The van der Waals surface area contributed by atoms with Crippen LogP contribution in [0.5, 0.6) is 0 Å². The molecule has 0 saturated carbocycles. The molecule has 0 bridgehead atoms. The van der Waals surface area contributed by atoms with E-state index < -0.39 is 18.6 Å². The van der Waals surface area contributed by atoms with E-state index in [4.69, 9.17) is 10.7 Å². The summed E-state index contributed by atoms with van der Waals surface area (Å²) in [5.41, 5.74) is 0. The van der Waals surface area contributed by atoms with Crippen molar-refractivity contribution in [3.05, 3.63) is 0 Å². The summed E-state index contributed by atoms with van der Waals surface area (Å²) in [6, 6.07) is 0. The topological polar surface area (TPSA) is 91.7 Å². The second kappa shape index (κ2) is 15.7. The molecule has 0 aromatic heterocycles. The number of rotatable bonds is 0. The molecule has 0 aliphatic carbocycles. The Morgan fingerprint density at radius 1 is 1.14 bits per heavy atom. The van der Waals surface area contributed by atoms with Crippen LogP contribution in [0.15, 0.2) is 0 Å². The van der Waals surface area contributed by atoms with Crippen LogP contribution >= 0.6 is 0 Å². The van der Waals surface area contributed by atoms with Crippen LogP contribution in [0.3, 0.4) is 0 Å². The fraction of sp³-hybridized carbons (Fsp3) is 0. The van der Waals surface area contributed by atoms with Gasteiger partial charge in [0.25, 0.3) is 0 Å². The average molecular weight is 526 g/mol. The smallest absolute Gasteiger partial charge is 2.00 e. The van der Waals surface area contributed by atoms with Crippen molar-refractivity contribution in [3.63, 3.8) is 0 Å². The summed E-state index contributed by atoms with van der Waals surface area (Å²) in [4.78, 5) is 0. The molecule has 0 saturated heterocycles. The Kier molecular flexibility index (Phi) is 51.3. The van der Waals surface area contributed by atoms with Crippen LogP contribution in [0, 0.1) is 0 Å². The van der Waals surface area contributed by atoms with E-state index in [1.807, 2.05) is 0 Å². The SMILES string of the molecule is [O-2].[O]=[Ti]([O-])[O-].[Pb+2].[Pb+2]. The molecule has 0 aliphatic rings. The monoisotopic (exact) mass is 528 g/mol. The predicted molar refractivity (Wildman–Crippen MR) is 12.9 cm³/mol. The van der Waals surface area contributed by atoms with Crippen molar-refractivity contribution in [2.75, 3.05) is 0 Å². The van der Waals surface area contributed by atoms with Crippen LogP contribution in [0.1, 0.15) is 0 Å². The zero-order valence-electron chi connectivity index (χ0n) is 3.13. The van der Waals surface area contributed by atoms with Crippen LogP contribution in [0.2, 0.25) is 0 Å². The zero-order valence-corrected chi connectivity index (χ0v) is 12.5. The van der Waals surface area contributed by atoms with Crippen molar-refractivity contribution in [3.8, 4) is 0 Å². The van der Waals surface area contributed by atoms with Gasteiger partial charge >= 0.3 is 83.9 Å². The molecule has 0 rings (SSSR count). The molecule has 36 valence electrons. The van der Waals surface area contributed by atoms with Gasteiger partial charge in [0.1, 0.15) is 0 Å². The molecule has 0 heterocycles. The van der Waals surface area contributed by atoms with E-state index in [-0.39, 0.29) is 60.1 Å². The van der Waals surface area contributed by atoms with Crippen molar-refractivity contribution in [1.29, 1.82) is 0 Å². The van der Waals surface area contributed by atoms with E-state index in [2.05, 4.69) is 0 Å². The Hall–Kier alpha value is 2.24. The Labute approximate surface area is 88.0 Å². The molecule has 7 heteroatoms. The maximum Gasteiger partial charge on any atom is 2.00 e. The molecular formula is O4Pb2Ti. The molecule has 0 aliphatic heterocycles. The van der Waals surface area contributed by atoms with Gasteiger partial charge in [0.05, 0.1) is 0 Å². The van der Waals surface area contributed by atoms with Gasteiger partial charge in [-0.1, -0.05) is 0 Å². The number of hydrogen-bond donors (Lipinski definition) is 0. The summed E-state index contributed by atoms with van der Waals surface area (Å²) >= 11 is -4.08. The van der Waals surface area contributed by atoms with E-state index >= 15 is 0 Å². The van der Waals surface area contributed by atoms with Gasteiger partial charge in [0.2, 0.25) is 0 Å². The van der Waals surface area contributed by atoms with Gasteiger partial charge in [-0.05, 0) is 0 Å². The van der Waals surface area contributed by atoms with Gasteiger partial charge in [-0.2, -0.15) is 0 Å². The first-order valence-electron chi connectivity index (χ1n) is 0.612. The Balaban J connectivity index is -0.0000000150. The van der Waals surface area contributed by atoms with E-state index in [0.717, 1.165) is 0 Å². The van der Waals surface area contributed by atoms with Gasteiger partial charge in [-0.25, -0.2) is 0 Å². The summed E-state index contributed by atoms with van der Waals surface area (Å²) in [5.74, 6) is 0. The minimum absolute atomic E-state index is 0. The van der Waals surface area contributed by atoms with Crippen LogP contribution < -0.4 is 7.38 Å². The minimum atomic E-state index is -4.08. The summed E-state index contributed by atoms with van der Waals surface area (Å²) in [6.07, 6.45) is 0.